The van der Waals surface area contributed by atoms with Gasteiger partial charge >= 0.3 is 0 Å². The molecule has 0 saturated carbocycles. The highest BCUT2D eigenvalue weighted by molar-refractivity contribution is 7.66. The first-order valence-corrected chi connectivity index (χ1v) is 15.2. The molecule has 7 heteroatoms. The summed E-state index contributed by atoms with van der Waals surface area (Å²) < 4.78 is 36.7. The van der Waals surface area contributed by atoms with E-state index in [1.54, 1.807) is 24.3 Å². The van der Waals surface area contributed by atoms with Gasteiger partial charge in [0.25, 0.3) is 0 Å². The van der Waals surface area contributed by atoms with E-state index in [1.165, 1.54) is 24.5 Å². The van der Waals surface area contributed by atoms with Gasteiger partial charge in [0, 0.05) is 23.9 Å². The van der Waals surface area contributed by atoms with E-state index in [0.717, 1.165) is 12.8 Å². The molecule has 0 heterocycles. The maximum absolute atomic E-state index is 12.9. The van der Waals surface area contributed by atoms with Crippen LogP contribution in [0, 0.1) is 11.8 Å². The topological polar surface area (TPSA) is 69.7 Å². The van der Waals surface area contributed by atoms with Gasteiger partial charge in [-0.1, -0.05) is 52.0 Å². The molecule has 0 aromatic heterocycles. The van der Waals surface area contributed by atoms with E-state index in [1.807, 2.05) is 24.3 Å². The molecule has 0 aliphatic rings. The maximum Gasteiger partial charge on any atom is 0.229 e. The Labute approximate surface area is 192 Å². The fourth-order valence-electron chi connectivity index (χ4n) is 3.33. The van der Waals surface area contributed by atoms with Gasteiger partial charge in [-0.2, -0.15) is 0 Å². The Morgan fingerprint density at radius 3 is 1.28 bits per heavy atom. The van der Waals surface area contributed by atoms with Crippen molar-refractivity contribution in [2.24, 2.45) is 11.8 Å². The number of hydrogen-bond donors (Lipinski definition) is 0. The van der Waals surface area contributed by atoms with Crippen LogP contribution in [-0.2, 0) is 35.8 Å². The number of benzene rings is 2. The van der Waals surface area contributed by atoms with Crippen LogP contribution in [-0.4, -0.2) is 32.3 Å². The zero-order chi connectivity index (χ0) is 23.9. The summed E-state index contributed by atoms with van der Waals surface area (Å²) in [4.78, 5) is 12.3. The third kappa shape index (κ3) is 8.45. The van der Waals surface area contributed by atoms with Crippen molar-refractivity contribution >= 4 is 31.1 Å². The van der Waals surface area contributed by atoms with Crippen molar-refractivity contribution in [2.45, 2.75) is 40.5 Å². The van der Waals surface area contributed by atoms with Crippen LogP contribution < -0.4 is 10.6 Å². The molecule has 2 rings (SSSR count). The van der Waals surface area contributed by atoms with Gasteiger partial charge in [-0.25, -0.2) is 0 Å². The van der Waals surface area contributed by atoms with E-state index >= 15 is 0 Å². The Hall–Kier alpha value is -1.51. The smallest absolute Gasteiger partial charge is 0.229 e. The first-order chi connectivity index (χ1) is 14.9. The summed E-state index contributed by atoms with van der Waals surface area (Å²) >= 11 is 0. The first-order valence-electron chi connectivity index (χ1n) is 11.0. The second-order valence-electron chi connectivity index (χ2n) is 9.31. The molecule has 2 aromatic carbocycles. The highest BCUT2D eigenvalue weighted by Gasteiger charge is 2.24. The Bertz CT molecular complexity index is 899. The lowest BCUT2D eigenvalue weighted by Gasteiger charge is -2.16. The Kier molecular flexibility index (Phi) is 9.67. The van der Waals surface area contributed by atoms with Crippen molar-refractivity contribution in [2.75, 3.05) is 26.5 Å². The summed E-state index contributed by atoms with van der Waals surface area (Å²) in [5.41, 5.74) is 2.34. The Morgan fingerprint density at radius 1 is 0.688 bits per heavy atom. The molecular formula is C25H36O5P2. The van der Waals surface area contributed by atoms with Crippen molar-refractivity contribution < 1.29 is 23.0 Å². The number of carbonyl (C=O) groups excluding carboxylic acids is 1. The average Bonchev–Trinajstić information content (AvgIpc) is 2.71. The summed E-state index contributed by atoms with van der Waals surface area (Å²) in [7, 11) is -6.28. The summed E-state index contributed by atoms with van der Waals surface area (Å²) in [6, 6.07) is 15.0. The minimum Gasteiger partial charge on any atom is -0.317 e. The highest BCUT2D eigenvalue weighted by atomic mass is 31.2. The third-order valence-corrected chi connectivity index (χ3v) is 8.76. The largest absolute Gasteiger partial charge is 0.317 e. The molecule has 0 bridgehead atoms. The van der Waals surface area contributed by atoms with Gasteiger partial charge in [-0.05, 0) is 60.1 Å². The zero-order valence-corrected chi connectivity index (χ0v) is 21.8. The summed E-state index contributed by atoms with van der Waals surface area (Å²) in [5.74, 6) is 0.674. The molecule has 0 aliphatic heterocycles. The quantitative estimate of drug-likeness (QED) is 0.379. The summed E-state index contributed by atoms with van der Waals surface area (Å²) in [6.07, 6.45) is 1.89. The molecule has 0 amide bonds. The minimum atomic E-state index is -3.14. The molecule has 32 heavy (non-hydrogen) atoms. The number of Topliss-reactive ketones (excluding diaryl/α,β-unsaturated/α-hetero) is 1. The predicted octanol–water partition coefficient (Wildman–Crippen LogP) is 5.45. The van der Waals surface area contributed by atoms with E-state index in [4.69, 9.17) is 9.05 Å². The molecule has 5 nitrogen and oxygen atoms in total. The van der Waals surface area contributed by atoms with E-state index < -0.39 is 20.5 Å². The van der Waals surface area contributed by atoms with Crippen LogP contribution in [0.5, 0.6) is 0 Å². The van der Waals surface area contributed by atoms with Crippen LogP contribution in [0.2, 0.25) is 0 Å². The van der Waals surface area contributed by atoms with Crippen molar-refractivity contribution in [1.82, 2.24) is 0 Å². The van der Waals surface area contributed by atoms with Crippen molar-refractivity contribution in [3.8, 4) is 0 Å². The second kappa shape index (κ2) is 11.6. The van der Waals surface area contributed by atoms with Gasteiger partial charge in [0.2, 0.25) is 14.7 Å². The monoisotopic (exact) mass is 478 g/mol. The van der Waals surface area contributed by atoms with Crippen LogP contribution in [0.25, 0.3) is 0 Å². The molecule has 2 atom stereocenters. The summed E-state index contributed by atoms with van der Waals surface area (Å²) in [6.45, 7) is 10.9. The third-order valence-electron chi connectivity index (χ3n) is 5.04. The summed E-state index contributed by atoms with van der Waals surface area (Å²) in [5, 5.41) is 1.14. The van der Waals surface area contributed by atoms with Gasteiger partial charge < -0.3 is 9.05 Å². The van der Waals surface area contributed by atoms with Gasteiger partial charge in [0.1, 0.15) is 13.2 Å². The number of carbonyl (C=O) groups is 1. The van der Waals surface area contributed by atoms with Crippen LogP contribution in [0.3, 0.4) is 0 Å². The zero-order valence-electron chi connectivity index (χ0n) is 20.0. The highest BCUT2D eigenvalue weighted by Crippen LogP contribution is 2.42. The maximum atomic E-state index is 12.9. The van der Waals surface area contributed by atoms with E-state index in [-0.39, 0.29) is 13.2 Å². The minimum absolute atomic E-state index is 0.352. The van der Waals surface area contributed by atoms with Gasteiger partial charge in [-0.15, -0.1) is 0 Å². The molecule has 0 N–H and O–H groups in total. The van der Waals surface area contributed by atoms with Crippen molar-refractivity contribution in [3.63, 3.8) is 0 Å². The molecule has 0 radical (unpaired) electrons. The SMILES string of the molecule is CC(C)Cc1ccc(P(C)(=O)OCC(=O)COP(C)(=O)c2ccc(CC(C)C)cc2)cc1. The molecule has 0 saturated heterocycles. The molecule has 0 fully saturated rings. The van der Waals surface area contributed by atoms with Crippen LogP contribution >= 0.6 is 14.7 Å². The molecule has 176 valence electrons. The Morgan fingerprint density at radius 2 is 1.00 bits per heavy atom. The number of ketones is 1. The van der Waals surface area contributed by atoms with Crippen LogP contribution in [0.1, 0.15) is 38.8 Å². The average molecular weight is 479 g/mol. The van der Waals surface area contributed by atoms with E-state index in [0.29, 0.717) is 22.4 Å². The fraction of sp³-hybridized carbons (Fsp3) is 0.480. The standard InChI is InChI=1S/C25H36O5P2/c1-19(2)15-21-7-11-24(12-8-21)31(5,27)29-17-23(26)18-30-32(6,28)25-13-9-22(10-14-25)16-20(3)4/h7-14,19-20H,15-18H2,1-6H3. The molecule has 0 spiro atoms. The van der Waals surface area contributed by atoms with Crippen LogP contribution in [0.15, 0.2) is 48.5 Å². The lowest BCUT2D eigenvalue weighted by atomic mass is 10.0. The molecule has 0 aliphatic carbocycles. The normalized spacial score (nSPS) is 15.5. The number of rotatable bonds is 12. The van der Waals surface area contributed by atoms with E-state index in [2.05, 4.69) is 27.7 Å². The second-order valence-corrected chi connectivity index (χ2v) is 14.2. The lowest BCUT2D eigenvalue weighted by molar-refractivity contribution is -0.122. The lowest BCUT2D eigenvalue weighted by Crippen LogP contribution is -2.18. The van der Waals surface area contributed by atoms with Crippen molar-refractivity contribution in [1.29, 1.82) is 0 Å². The van der Waals surface area contributed by atoms with Gasteiger partial charge in [-0.3, -0.25) is 13.9 Å². The molecular weight excluding hydrogens is 442 g/mol. The van der Waals surface area contributed by atoms with Gasteiger partial charge in [0.05, 0.1) is 0 Å². The predicted molar refractivity (Wildman–Crippen MR) is 133 cm³/mol. The number of hydrogen-bond acceptors (Lipinski definition) is 5. The van der Waals surface area contributed by atoms with Crippen molar-refractivity contribution in [3.05, 3.63) is 59.7 Å². The molecule has 2 aromatic rings. The van der Waals surface area contributed by atoms with E-state index in [9.17, 15) is 13.9 Å². The fourth-order valence-corrected chi connectivity index (χ4v) is 5.79. The Balaban J connectivity index is 1.88. The van der Waals surface area contributed by atoms with Gasteiger partial charge in [0.15, 0.2) is 5.78 Å². The van der Waals surface area contributed by atoms with Crippen LogP contribution in [0.4, 0.5) is 0 Å². The molecule has 2 unspecified atom stereocenters. The first kappa shape index (κ1) is 26.7.